The number of rotatable bonds is 12. The van der Waals surface area contributed by atoms with Gasteiger partial charge in [-0.25, -0.2) is 4.98 Å². The summed E-state index contributed by atoms with van der Waals surface area (Å²) in [4.78, 5) is 45.9. The second-order valence-corrected chi connectivity index (χ2v) is 10.9. The molecule has 1 saturated carbocycles. The van der Waals surface area contributed by atoms with Gasteiger partial charge >= 0.3 is 6.18 Å². The van der Waals surface area contributed by atoms with Gasteiger partial charge in [0.1, 0.15) is 17.2 Å². The normalized spacial score (nSPS) is 14.7. The number of aromatic nitrogens is 2. The number of H-pyrrole nitrogens is 1. The van der Waals surface area contributed by atoms with E-state index in [2.05, 4.69) is 20.6 Å². The molecule has 10 nitrogen and oxygen atoms in total. The van der Waals surface area contributed by atoms with Crippen LogP contribution in [0.4, 0.5) is 18.9 Å². The fraction of sp³-hybridized carbons (Fsp3) is 0.400. The van der Waals surface area contributed by atoms with Gasteiger partial charge in [0, 0.05) is 41.6 Å². The second-order valence-electron chi connectivity index (χ2n) is 10.5. The van der Waals surface area contributed by atoms with Crippen molar-refractivity contribution in [3.8, 4) is 22.6 Å². The zero-order valence-electron chi connectivity index (χ0n) is 24.3. The van der Waals surface area contributed by atoms with Gasteiger partial charge in [0.25, 0.3) is 11.5 Å². The molecule has 3 aromatic rings. The standard InChI is InChI=1S/C30H32ClF3N4O6/c1-29(10-4-11-29)44-12-9-19(26(39)38-18-6-7-21(36-14-18)27(40)35-2)25-24(23(42-3)15-37-28(25)41)20-13-17(31)5-8-22(20)43-16-30(32,33)34/h5-8,13-15,19H,4,9-12,16H2,1-3H3,(H,35,40)(H,37,41)(H,38,39). The first-order chi connectivity index (χ1) is 20.8. The first-order valence-electron chi connectivity index (χ1n) is 13.8. The average Bonchev–Trinajstić information content (AvgIpc) is 2.97. The number of pyridine rings is 2. The molecule has 0 radical (unpaired) electrons. The molecule has 2 aromatic heterocycles. The summed E-state index contributed by atoms with van der Waals surface area (Å²) in [7, 11) is 2.77. The van der Waals surface area contributed by atoms with Crippen LogP contribution in [0.15, 0.2) is 47.5 Å². The van der Waals surface area contributed by atoms with Crippen LogP contribution in [-0.4, -0.2) is 60.9 Å². The predicted octanol–water partition coefficient (Wildman–Crippen LogP) is 5.47. The summed E-state index contributed by atoms with van der Waals surface area (Å²) in [5.74, 6) is -2.37. The van der Waals surface area contributed by atoms with Crippen LogP contribution < -0.4 is 25.7 Å². The number of hydrogen-bond acceptors (Lipinski definition) is 7. The van der Waals surface area contributed by atoms with Crippen LogP contribution in [0.3, 0.4) is 0 Å². The molecule has 1 fully saturated rings. The Labute approximate surface area is 256 Å². The lowest BCUT2D eigenvalue weighted by atomic mass is 9.82. The van der Waals surface area contributed by atoms with Crippen LogP contribution in [-0.2, 0) is 9.53 Å². The van der Waals surface area contributed by atoms with Gasteiger partial charge in [-0.05, 0) is 62.9 Å². The lowest BCUT2D eigenvalue weighted by molar-refractivity contribution is -0.153. The van der Waals surface area contributed by atoms with Crippen molar-refractivity contribution in [2.45, 2.75) is 50.3 Å². The Balaban J connectivity index is 1.80. The van der Waals surface area contributed by atoms with Gasteiger partial charge in [-0.1, -0.05) is 11.6 Å². The molecule has 2 amide bonds. The molecule has 1 unspecified atom stereocenters. The maximum Gasteiger partial charge on any atom is 0.422 e. The number of anilines is 1. The number of halogens is 4. The smallest absolute Gasteiger partial charge is 0.422 e. The van der Waals surface area contributed by atoms with E-state index in [1.165, 1.54) is 56.9 Å². The van der Waals surface area contributed by atoms with Gasteiger partial charge in [-0.15, -0.1) is 0 Å². The van der Waals surface area contributed by atoms with Crippen molar-refractivity contribution in [2.75, 3.05) is 32.7 Å². The summed E-state index contributed by atoms with van der Waals surface area (Å²) in [6.45, 7) is 0.467. The third-order valence-electron chi connectivity index (χ3n) is 7.34. The van der Waals surface area contributed by atoms with Crippen LogP contribution in [0.5, 0.6) is 11.5 Å². The van der Waals surface area contributed by atoms with E-state index >= 15 is 0 Å². The molecule has 0 spiro atoms. The van der Waals surface area contributed by atoms with E-state index in [9.17, 15) is 27.6 Å². The summed E-state index contributed by atoms with van der Waals surface area (Å²) in [6, 6.07) is 6.85. The zero-order valence-corrected chi connectivity index (χ0v) is 25.0. The van der Waals surface area contributed by atoms with Gasteiger partial charge in [0.15, 0.2) is 6.61 Å². The van der Waals surface area contributed by atoms with Gasteiger partial charge in [-0.3, -0.25) is 14.4 Å². The van der Waals surface area contributed by atoms with Crippen LogP contribution >= 0.6 is 11.6 Å². The molecule has 1 aliphatic carbocycles. The highest BCUT2D eigenvalue weighted by atomic mass is 35.5. The van der Waals surface area contributed by atoms with Gasteiger partial charge in [-0.2, -0.15) is 13.2 Å². The number of hydrogen-bond donors (Lipinski definition) is 3. The number of amides is 2. The third kappa shape index (κ3) is 7.88. The van der Waals surface area contributed by atoms with E-state index in [1.807, 2.05) is 6.92 Å². The Bertz CT molecular complexity index is 1560. The van der Waals surface area contributed by atoms with Gasteiger partial charge in [0.2, 0.25) is 5.91 Å². The van der Waals surface area contributed by atoms with E-state index in [-0.39, 0.29) is 63.2 Å². The maximum atomic E-state index is 13.9. The zero-order chi connectivity index (χ0) is 32.1. The Morgan fingerprint density at radius 3 is 2.52 bits per heavy atom. The van der Waals surface area contributed by atoms with Crippen molar-refractivity contribution in [1.29, 1.82) is 0 Å². The monoisotopic (exact) mass is 636 g/mol. The van der Waals surface area contributed by atoms with Gasteiger partial charge < -0.3 is 29.8 Å². The number of carbonyl (C=O) groups excluding carboxylic acids is 2. The first-order valence-corrected chi connectivity index (χ1v) is 14.1. The summed E-state index contributed by atoms with van der Waals surface area (Å²) in [6.07, 6.45) is 0.639. The Kier molecular flexibility index (Phi) is 10.2. The minimum atomic E-state index is -4.64. The quantitative estimate of drug-likeness (QED) is 0.240. The van der Waals surface area contributed by atoms with Gasteiger partial charge in [0.05, 0.1) is 30.5 Å². The molecular weight excluding hydrogens is 605 g/mol. The van der Waals surface area contributed by atoms with Crippen molar-refractivity contribution in [3.63, 3.8) is 0 Å². The van der Waals surface area contributed by atoms with Crippen LogP contribution in [0, 0.1) is 0 Å². The van der Waals surface area contributed by atoms with Crippen molar-refractivity contribution in [1.82, 2.24) is 15.3 Å². The molecule has 1 aliphatic rings. The highest BCUT2D eigenvalue weighted by Gasteiger charge is 2.35. The Hall–Kier alpha value is -4.10. The molecule has 0 bridgehead atoms. The Morgan fingerprint density at radius 1 is 1.18 bits per heavy atom. The fourth-order valence-corrected chi connectivity index (χ4v) is 5.06. The van der Waals surface area contributed by atoms with E-state index in [0.29, 0.717) is 0 Å². The summed E-state index contributed by atoms with van der Waals surface area (Å²) >= 11 is 6.26. The molecular formula is C30H32ClF3N4O6. The van der Waals surface area contributed by atoms with E-state index in [4.69, 9.17) is 25.8 Å². The minimum absolute atomic E-state index is 0.0287. The van der Waals surface area contributed by atoms with E-state index in [1.54, 1.807) is 0 Å². The summed E-state index contributed by atoms with van der Waals surface area (Å²) in [5, 5.41) is 5.33. The largest absolute Gasteiger partial charge is 0.495 e. The van der Waals surface area contributed by atoms with Crippen LogP contribution in [0.25, 0.3) is 11.1 Å². The molecule has 14 heteroatoms. The topological polar surface area (TPSA) is 132 Å². The van der Waals surface area contributed by atoms with Crippen molar-refractivity contribution in [3.05, 3.63) is 69.4 Å². The lowest BCUT2D eigenvalue weighted by Gasteiger charge is -2.38. The summed E-state index contributed by atoms with van der Waals surface area (Å²) < 4.78 is 56.1. The van der Waals surface area contributed by atoms with Crippen molar-refractivity contribution >= 4 is 29.1 Å². The highest BCUT2D eigenvalue weighted by Crippen LogP contribution is 2.43. The number of ether oxygens (including phenoxy) is 3. The van der Waals surface area contributed by atoms with Crippen molar-refractivity contribution in [2.24, 2.45) is 0 Å². The number of alkyl halides is 3. The molecule has 3 N–H and O–H groups in total. The first kappa shape index (κ1) is 32.8. The number of nitrogens with zero attached hydrogens (tertiary/aromatic N) is 1. The minimum Gasteiger partial charge on any atom is -0.495 e. The van der Waals surface area contributed by atoms with Crippen LogP contribution in [0.2, 0.25) is 5.02 Å². The number of benzene rings is 1. The second kappa shape index (κ2) is 13.7. The average molecular weight is 637 g/mol. The Morgan fingerprint density at radius 2 is 1.93 bits per heavy atom. The molecule has 4 rings (SSSR count). The molecule has 236 valence electrons. The fourth-order valence-electron chi connectivity index (χ4n) is 4.89. The number of methoxy groups -OCH3 is 1. The lowest BCUT2D eigenvalue weighted by Crippen LogP contribution is -2.37. The maximum absolute atomic E-state index is 13.9. The molecule has 2 heterocycles. The number of aromatic amines is 1. The van der Waals surface area contributed by atoms with E-state index in [0.717, 1.165) is 19.3 Å². The molecule has 1 aromatic carbocycles. The molecule has 0 aliphatic heterocycles. The molecule has 44 heavy (non-hydrogen) atoms. The number of carbonyl (C=O) groups is 2. The van der Waals surface area contributed by atoms with Crippen molar-refractivity contribution < 1.29 is 37.0 Å². The predicted molar refractivity (Wildman–Crippen MR) is 157 cm³/mol. The SMILES string of the molecule is CNC(=O)c1ccc(NC(=O)C(CCOC2(C)CCC2)c2c(-c3cc(Cl)ccc3OCC(F)(F)F)c(OC)c[nH]c2=O)cn1. The third-order valence-corrected chi connectivity index (χ3v) is 7.58. The summed E-state index contributed by atoms with van der Waals surface area (Å²) in [5.41, 5.74) is -0.667. The molecule has 1 atom stereocenters. The van der Waals surface area contributed by atoms with Crippen LogP contribution in [0.1, 0.15) is 54.6 Å². The van der Waals surface area contributed by atoms with E-state index < -0.39 is 36.1 Å². The number of nitrogens with one attached hydrogen (secondary N) is 3. The molecule has 0 saturated heterocycles. The highest BCUT2D eigenvalue weighted by molar-refractivity contribution is 6.31.